The van der Waals surface area contributed by atoms with Crippen molar-refractivity contribution in [2.45, 2.75) is 18.6 Å². The molecule has 8 heteroatoms. The standard InChI is InChI=1S/C23H22N4O3S/c1-3-27-22(29)21-20(16(13-24-21)15-9-5-4-6-10-15)26-23(27)31-14-19(28)25-17-11-7-8-12-18(17)30-2/h4-13,24H,3,14H2,1-2H3,(H,25,28). The Labute approximate surface area is 183 Å². The first-order valence-electron chi connectivity index (χ1n) is 9.85. The van der Waals surface area contributed by atoms with Crippen molar-refractivity contribution in [3.05, 3.63) is 71.1 Å². The average molecular weight is 435 g/mol. The van der Waals surface area contributed by atoms with Gasteiger partial charge in [0.05, 0.1) is 18.6 Å². The average Bonchev–Trinajstić information content (AvgIpc) is 3.23. The fourth-order valence-corrected chi connectivity index (χ4v) is 4.22. The SMILES string of the molecule is CCn1c(SCC(=O)Nc2ccccc2OC)nc2c(-c3ccccc3)c[nH]c2c1=O. The summed E-state index contributed by atoms with van der Waals surface area (Å²) in [5.41, 5.74) is 3.35. The molecular formula is C23H22N4O3S. The minimum absolute atomic E-state index is 0.112. The monoisotopic (exact) mass is 434 g/mol. The molecule has 0 saturated carbocycles. The van der Waals surface area contributed by atoms with Gasteiger partial charge in [0.15, 0.2) is 5.16 Å². The topological polar surface area (TPSA) is 89.0 Å². The summed E-state index contributed by atoms with van der Waals surface area (Å²) in [7, 11) is 1.56. The molecule has 0 unspecified atom stereocenters. The minimum Gasteiger partial charge on any atom is -0.495 e. The minimum atomic E-state index is -0.205. The van der Waals surface area contributed by atoms with Gasteiger partial charge in [-0.3, -0.25) is 14.2 Å². The second-order valence-corrected chi connectivity index (χ2v) is 7.72. The smallest absolute Gasteiger partial charge is 0.278 e. The van der Waals surface area contributed by atoms with Crippen molar-refractivity contribution in [2.75, 3.05) is 18.2 Å². The fraction of sp³-hybridized carbons (Fsp3) is 0.174. The molecule has 31 heavy (non-hydrogen) atoms. The number of H-pyrrole nitrogens is 1. The van der Waals surface area contributed by atoms with Gasteiger partial charge in [0, 0.05) is 18.3 Å². The number of aromatic nitrogens is 3. The molecule has 1 amide bonds. The van der Waals surface area contributed by atoms with Gasteiger partial charge in [0.25, 0.3) is 5.56 Å². The Morgan fingerprint density at radius 2 is 1.90 bits per heavy atom. The summed E-state index contributed by atoms with van der Waals surface area (Å²) in [6, 6.07) is 17.0. The van der Waals surface area contributed by atoms with Crippen LogP contribution < -0.4 is 15.6 Å². The Balaban J connectivity index is 1.62. The Morgan fingerprint density at radius 3 is 2.65 bits per heavy atom. The quantitative estimate of drug-likeness (QED) is 0.337. The molecule has 0 aliphatic carbocycles. The Morgan fingerprint density at radius 1 is 1.16 bits per heavy atom. The Hall–Kier alpha value is -3.52. The van der Waals surface area contributed by atoms with E-state index in [0.29, 0.717) is 34.2 Å². The van der Waals surface area contributed by atoms with E-state index < -0.39 is 0 Å². The number of hydrogen-bond acceptors (Lipinski definition) is 5. The van der Waals surface area contributed by atoms with Crippen LogP contribution in [-0.2, 0) is 11.3 Å². The maximum atomic E-state index is 13.0. The van der Waals surface area contributed by atoms with Crippen LogP contribution in [-0.4, -0.2) is 33.3 Å². The molecule has 2 N–H and O–H groups in total. The van der Waals surface area contributed by atoms with Crippen molar-refractivity contribution in [1.82, 2.24) is 14.5 Å². The largest absolute Gasteiger partial charge is 0.495 e. The molecule has 0 atom stereocenters. The summed E-state index contributed by atoms with van der Waals surface area (Å²) < 4.78 is 6.85. The number of anilines is 1. The fourth-order valence-electron chi connectivity index (χ4n) is 3.36. The highest BCUT2D eigenvalue weighted by atomic mass is 32.2. The van der Waals surface area contributed by atoms with Crippen LogP contribution >= 0.6 is 11.8 Å². The number of thioether (sulfide) groups is 1. The van der Waals surface area contributed by atoms with E-state index in [9.17, 15) is 9.59 Å². The molecule has 2 heterocycles. The van der Waals surface area contributed by atoms with Gasteiger partial charge in [-0.05, 0) is 24.6 Å². The highest BCUT2D eigenvalue weighted by Gasteiger charge is 2.17. The number of carbonyl (C=O) groups excluding carboxylic acids is 1. The molecule has 4 rings (SSSR count). The van der Waals surface area contributed by atoms with Gasteiger partial charge < -0.3 is 15.0 Å². The number of carbonyl (C=O) groups is 1. The molecule has 0 bridgehead atoms. The lowest BCUT2D eigenvalue weighted by Crippen LogP contribution is -2.23. The zero-order valence-electron chi connectivity index (χ0n) is 17.2. The van der Waals surface area contributed by atoms with Crippen LogP contribution in [0.5, 0.6) is 5.75 Å². The number of para-hydroxylation sites is 2. The van der Waals surface area contributed by atoms with Gasteiger partial charge in [-0.2, -0.15) is 0 Å². The normalized spacial score (nSPS) is 10.9. The van der Waals surface area contributed by atoms with E-state index in [1.165, 1.54) is 11.8 Å². The second-order valence-electron chi connectivity index (χ2n) is 6.77. The number of hydrogen-bond donors (Lipinski definition) is 2. The summed E-state index contributed by atoms with van der Waals surface area (Å²) >= 11 is 1.23. The van der Waals surface area contributed by atoms with Crippen LogP contribution in [0, 0.1) is 0 Å². The molecule has 2 aromatic heterocycles. The zero-order valence-corrected chi connectivity index (χ0v) is 18.0. The first kappa shape index (κ1) is 20.7. The van der Waals surface area contributed by atoms with Gasteiger partial charge >= 0.3 is 0 Å². The van der Waals surface area contributed by atoms with Gasteiger partial charge in [-0.15, -0.1) is 0 Å². The van der Waals surface area contributed by atoms with Gasteiger partial charge in [0.2, 0.25) is 5.91 Å². The number of benzene rings is 2. The molecule has 7 nitrogen and oxygen atoms in total. The third-order valence-corrected chi connectivity index (χ3v) is 5.84. The van der Waals surface area contributed by atoms with Crippen LogP contribution in [0.1, 0.15) is 6.92 Å². The molecule has 0 aliphatic heterocycles. The van der Waals surface area contributed by atoms with Crippen LogP contribution in [0.25, 0.3) is 22.2 Å². The summed E-state index contributed by atoms with van der Waals surface area (Å²) in [5, 5.41) is 3.35. The molecular weight excluding hydrogens is 412 g/mol. The molecule has 0 saturated heterocycles. The molecule has 2 aromatic carbocycles. The number of fused-ring (bicyclic) bond motifs is 1. The third kappa shape index (κ3) is 4.20. The summed E-state index contributed by atoms with van der Waals surface area (Å²) in [4.78, 5) is 33.4. The molecule has 0 radical (unpaired) electrons. The van der Waals surface area contributed by atoms with E-state index in [0.717, 1.165) is 11.1 Å². The Kier molecular flexibility index (Phi) is 6.08. The van der Waals surface area contributed by atoms with E-state index in [1.807, 2.05) is 49.4 Å². The lowest BCUT2D eigenvalue weighted by atomic mass is 10.1. The maximum absolute atomic E-state index is 13.0. The van der Waals surface area contributed by atoms with Gasteiger partial charge in [0.1, 0.15) is 16.8 Å². The number of rotatable bonds is 7. The van der Waals surface area contributed by atoms with E-state index in [4.69, 9.17) is 9.72 Å². The second kappa shape index (κ2) is 9.09. The number of aromatic amines is 1. The van der Waals surface area contributed by atoms with Crippen molar-refractivity contribution < 1.29 is 9.53 Å². The summed E-state index contributed by atoms with van der Waals surface area (Å²) in [5.74, 6) is 0.496. The number of nitrogens with zero attached hydrogens (tertiary/aromatic N) is 2. The van der Waals surface area contributed by atoms with Crippen molar-refractivity contribution >= 4 is 34.4 Å². The lowest BCUT2D eigenvalue weighted by Gasteiger charge is -2.12. The summed E-state index contributed by atoms with van der Waals surface area (Å²) in [6.07, 6.45) is 1.80. The summed E-state index contributed by atoms with van der Waals surface area (Å²) in [6.45, 7) is 2.34. The number of ether oxygens (including phenoxy) is 1. The molecule has 0 aliphatic rings. The zero-order chi connectivity index (χ0) is 21.8. The number of nitrogens with one attached hydrogen (secondary N) is 2. The van der Waals surface area contributed by atoms with Crippen molar-refractivity contribution in [3.63, 3.8) is 0 Å². The van der Waals surface area contributed by atoms with Crippen LogP contribution in [0.15, 0.2) is 70.7 Å². The van der Waals surface area contributed by atoms with E-state index in [1.54, 1.807) is 30.0 Å². The molecule has 0 spiro atoms. The van der Waals surface area contributed by atoms with Gasteiger partial charge in [-0.1, -0.05) is 54.2 Å². The molecule has 158 valence electrons. The highest BCUT2D eigenvalue weighted by molar-refractivity contribution is 7.99. The lowest BCUT2D eigenvalue weighted by molar-refractivity contribution is -0.113. The maximum Gasteiger partial charge on any atom is 0.278 e. The van der Waals surface area contributed by atoms with Crippen LogP contribution in [0.3, 0.4) is 0 Å². The molecule has 4 aromatic rings. The van der Waals surface area contributed by atoms with E-state index >= 15 is 0 Å². The highest BCUT2D eigenvalue weighted by Crippen LogP contribution is 2.28. The third-order valence-electron chi connectivity index (χ3n) is 4.86. The number of amides is 1. The van der Waals surface area contributed by atoms with Crippen LogP contribution in [0.2, 0.25) is 0 Å². The first-order chi connectivity index (χ1) is 15.1. The van der Waals surface area contributed by atoms with E-state index in [2.05, 4.69) is 10.3 Å². The van der Waals surface area contributed by atoms with E-state index in [-0.39, 0.29) is 17.2 Å². The molecule has 0 fully saturated rings. The van der Waals surface area contributed by atoms with Crippen molar-refractivity contribution in [1.29, 1.82) is 0 Å². The van der Waals surface area contributed by atoms with Crippen LogP contribution in [0.4, 0.5) is 5.69 Å². The van der Waals surface area contributed by atoms with Crippen molar-refractivity contribution in [2.24, 2.45) is 0 Å². The van der Waals surface area contributed by atoms with Gasteiger partial charge in [-0.25, -0.2) is 4.98 Å². The number of methoxy groups -OCH3 is 1. The predicted molar refractivity (Wildman–Crippen MR) is 124 cm³/mol. The van der Waals surface area contributed by atoms with Crippen molar-refractivity contribution in [3.8, 4) is 16.9 Å². The first-order valence-corrected chi connectivity index (χ1v) is 10.8. The predicted octanol–water partition coefficient (Wildman–Crippen LogP) is 4.15. The Bertz CT molecular complexity index is 1280.